The standard InChI is InChI=1S/C11H22N2/c1-13-8-6-10(9-13)4-5-11-3-2-7-12-11/h10-12H,2-9H2,1H3. The van der Waals surface area contributed by atoms with E-state index in [1.54, 1.807) is 0 Å². The summed E-state index contributed by atoms with van der Waals surface area (Å²) in [7, 11) is 2.24. The number of nitrogens with zero attached hydrogens (tertiary/aromatic N) is 1. The molecule has 2 aliphatic rings. The summed E-state index contributed by atoms with van der Waals surface area (Å²) in [5, 5.41) is 3.58. The fourth-order valence-electron chi connectivity index (χ4n) is 2.70. The summed E-state index contributed by atoms with van der Waals surface area (Å²) in [4.78, 5) is 2.47. The fourth-order valence-corrected chi connectivity index (χ4v) is 2.70. The van der Waals surface area contributed by atoms with Gasteiger partial charge in [0, 0.05) is 12.6 Å². The second-order valence-electron chi connectivity index (χ2n) is 4.79. The van der Waals surface area contributed by atoms with Crippen LogP contribution in [0, 0.1) is 5.92 Å². The first-order valence-electron chi connectivity index (χ1n) is 5.76. The van der Waals surface area contributed by atoms with Gasteiger partial charge in [0.25, 0.3) is 0 Å². The summed E-state index contributed by atoms with van der Waals surface area (Å²) < 4.78 is 0. The summed E-state index contributed by atoms with van der Waals surface area (Å²) in [6, 6.07) is 0.853. The van der Waals surface area contributed by atoms with Crippen LogP contribution in [0.5, 0.6) is 0 Å². The Morgan fingerprint density at radius 2 is 2.23 bits per heavy atom. The smallest absolute Gasteiger partial charge is 0.00676 e. The van der Waals surface area contributed by atoms with Gasteiger partial charge in [0.2, 0.25) is 0 Å². The van der Waals surface area contributed by atoms with Crippen molar-refractivity contribution < 1.29 is 0 Å². The van der Waals surface area contributed by atoms with Gasteiger partial charge in [-0.3, -0.25) is 0 Å². The van der Waals surface area contributed by atoms with E-state index in [0.717, 1.165) is 12.0 Å². The highest BCUT2D eigenvalue weighted by Gasteiger charge is 2.21. The van der Waals surface area contributed by atoms with Crippen LogP contribution in [-0.2, 0) is 0 Å². The quantitative estimate of drug-likeness (QED) is 0.711. The van der Waals surface area contributed by atoms with Crippen molar-refractivity contribution >= 4 is 0 Å². The highest BCUT2D eigenvalue weighted by Crippen LogP contribution is 2.22. The SMILES string of the molecule is CN1CCC(CCC2CCCN2)C1. The monoisotopic (exact) mass is 182 g/mol. The van der Waals surface area contributed by atoms with Crippen LogP contribution in [0.3, 0.4) is 0 Å². The summed E-state index contributed by atoms with van der Waals surface area (Å²) in [5.74, 6) is 0.993. The van der Waals surface area contributed by atoms with E-state index < -0.39 is 0 Å². The molecule has 0 aromatic rings. The number of rotatable bonds is 3. The van der Waals surface area contributed by atoms with Gasteiger partial charge in [0.05, 0.1) is 0 Å². The van der Waals surface area contributed by atoms with E-state index in [1.165, 1.54) is 51.7 Å². The van der Waals surface area contributed by atoms with E-state index >= 15 is 0 Å². The molecular weight excluding hydrogens is 160 g/mol. The Labute approximate surface area is 81.7 Å². The van der Waals surface area contributed by atoms with Crippen LogP contribution in [0.15, 0.2) is 0 Å². The number of nitrogens with one attached hydrogen (secondary N) is 1. The van der Waals surface area contributed by atoms with E-state index in [1.807, 2.05) is 0 Å². The predicted octanol–water partition coefficient (Wildman–Crippen LogP) is 1.47. The molecule has 2 fully saturated rings. The molecule has 2 nitrogen and oxygen atoms in total. The Hall–Kier alpha value is -0.0800. The molecule has 2 heterocycles. The highest BCUT2D eigenvalue weighted by molar-refractivity contribution is 4.78. The van der Waals surface area contributed by atoms with Crippen molar-refractivity contribution in [2.24, 2.45) is 5.92 Å². The normalized spacial score (nSPS) is 35.8. The molecule has 13 heavy (non-hydrogen) atoms. The molecule has 2 atom stereocenters. The third kappa shape index (κ3) is 2.68. The molecule has 0 saturated carbocycles. The average molecular weight is 182 g/mol. The first-order chi connectivity index (χ1) is 6.34. The third-order valence-corrected chi connectivity index (χ3v) is 3.57. The summed E-state index contributed by atoms with van der Waals surface area (Å²) in [6.07, 6.45) is 7.11. The Morgan fingerprint density at radius 1 is 1.31 bits per heavy atom. The zero-order valence-corrected chi connectivity index (χ0v) is 8.76. The lowest BCUT2D eigenvalue weighted by Crippen LogP contribution is -2.22. The van der Waals surface area contributed by atoms with E-state index in [0.29, 0.717) is 0 Å². The number of hydrogen-bond donors (Lipinski definition) is 1. The van der Waals surface area contributed by atoms with Gasteiger partial charge in [0.1, 0.15) is 0 Å². The Morgan fingerprint density at radius 3 is 2.85 bits per heavy atom. The van der Waals surface area contributed by atoms with Gasteiger partial charge >= 0.3 is 0 Å². The minimum atomic E-state index is 0.853. The lowest BCUT2D eigenvalue weighted by atomic mass is 9.98. The summed E-state index contributed by atoms with van der Waals surface area (Å²) in [6.45, 7) is 3.92. The maximum absolute atomic E-state index is 3.58. The lowest BCUT2D eigenvalue weighted by molar-refractivity contribution is 0.375. The molecular formula is C11H22N2. The molecule has 76 valence electrons. The van der Waals surface area contributed by atoms with Crippen molar-refractivity contribution in [3.63, 3.8) is 0 Å². The maximum Gasteiger partial charge on any atom is 0.00676 e. The Bertz CT molecular complexity index is 152. The molecule has 2 saturated heterocycles. The largest absolute Gasteiger partial charge is 0.314 e. The topological polar surface area (TPSA) is 15.3 Å². The second-order valence-corrected chi connectivity index (χ2v) is 4.79. The van der Waals surface area contributed by atoms with Crippen molar-refractivity contribution in [2.75, 3.05) is 26.7 Å². The predicted molar refractivity (Wildman–Crippen MR) is 55.9 cm³/mol. The second kappa shape index (κ2) is 4.43. The maximum atomic E-state index is 3.58. The average Bonchev–Trinajstić information content (AvgIpc) is 2.71. The molecule has 0 aromatic carbocycles. The molecule has 0 amide bonds. The molecule has 0 spiro atoms. The molecule has 0 bridgehead atoms. The van der Waals surface area contributed by atoms with Crippen LogP contribution >= 0.6 is 0 Å². The van der Waals surface area contributed by atoms with Crippen molar-refractivity contribution in [3.05, 3.63) is 0 Å². The minimum Gasteiger partial charge on any atom is -0.314 e. The molecule has 2 aliphatic heterocycles. The van der Waals surface area contributed by atoms with Crippen LogP contribution in [0.2, 0.25) is 0 Å². The first kappa shape index (κ1) is 9.47. The number of hydrogen-bond acceptors (Lipinski definition) is 2. The zero-order chi connectivity index (χ0) is 9.10. The van der Waals surface area contributed by atoms with Gasteiger partial charge in [-0.1, -0.05) is 0 Å². The van der Waals surface area contributed by atoms with Crippen LogP contribution in [0.4, 0.5) is 0 Å². The van der Waals surface area contributed by atoms with Crippen molar-refractivity contribution in [3.8, 4) is 0 Å². The van der Waals surface area contributed by atoms with Gasteiger partial charge in [-0.05, 0) is 58.2 Å². The van der Waals surface area contributed by atoms with E-state index in [9.17, 15) is 0 Å². The van der Waals surface area contributed by atoms with Gasteiger partial charge in [-0.15, -0.1) is 0 Å². The molecule has 2 rings (SSSR count). The number of likely N-dealkylation sites (tertiary alicyclic amines) is 1. The van der Waals surface area contributed by atoms with Gasteiger partial charge in [-0.2, -0.15) is 0 Å². The summed E-state index contributed by atoms with van der Waals surface area (Å²) in [5.41, 5.74) is 0. The van der Waals surface area contributed by atoms with Crippen LogP contribution in [0.1, 0.15) is 32.1 Å². The van der Waals surface area contributed by atoms with Crippen LogP contribution in [-0.4, -0.2) is 37.6 Å². The minimum absolute atomic E-state index is 0.853. The fraction of sp³-hybridized carbons (Fsp3) is 1.00. The third-order valence-electron chi connectivity index (χ3n) is 3.57. The van der Waals surface area contributed by atoms with Crippen LogP contribution in [0.25, 0.3) is 0 Å². The molecule has 2 unspecified atom stereocenters. The van der Waals surface area contributed by atoms with Gasteiger partial charge in [0.15, 0.2) is 0 Å². The zero-order valence-electron chi connectivity index (χ0n) is 8.76. The summed E-state index contributed by atoms with van der Waals surface area (Å²) >= 11 is 0. The molecule has 0 aromatic heterocycles. The Balaban J connectivity index is 1.62. The van der Waals surface area contributed by atoms with E-state index in [4.69, 9.17) is 0 Å². The highest BCUT2D eigenvalue weighted by atomic mass is 15.1. The van der Waals surface area contributed by atoms with Crippen molar-refractivity contribution in [1.82, 2.24) is 10.2 Å². The van der Waals surface area contributed by atoms with Gasteiger partial charge in [-0.25, -0.2) is 0 Å². The first-order valence-corrected chi connectivity index (χ1v) is 5.76. The van der Waals surface area contributed by atoms with Crippen molar-refractivity contribution in [1.29, 1.82) is 0 Å². The molecule has 0 aliphatic carbocycles. The van der Waals surface area contributed by atoms with E-state index in [2.05, 4.69) is 17.3 Å². The molecule has 0 radical (unpaired) electrons. The molecule has 2 heteroatoms. The van der Waals surface area contributed by atoms with Crippen LogP contribution < -0.4 is 5.32 Å². The van der Waals surface area contributed by atoms with Gasteiger partial charge < -0.3 is 10.2 Å². The lowest BCUT2D eigenvalue weighted by Gasteiger charge is -2.14. The van der Waals surface area contributed by atoms with E-state index in [-0.39, 0.29) is 0 Å². The molecule has 1 N–H and O–H groups in total. The van der Waals surface area contributed by atoms with Crippen molar-refractivity contribution in [2.45, 2.75) is 38.1 Å². The Kier molecular flexibility index (Phi) is 3.23.